The van der Waals surface area contributed by atoms with Gasteiger partial charge >= 0.3 is 0 Å². The van der Waals surface area contributed by atoms with Crippen molar-refractivity contribution in [3.8, 4) is 0 Å². The summed E-state index contributed by atoms with van der Waals surface area (Å²) >= 11 is 0. The fourth-order valence-corrected chi connectivity index (χ4v) is 5.43. The van der Waals surface area contributed by atoms with Gasteiger partial charge in [-0.05, 0) is 55.0 Å². The molecule has 0 aromatic heterocycles. The number of unbranched alkanes of at least 4 members (excludes halogenated alkanes) is 1. The molecule has 1 aliphatic carbocycles. The van der Waals surface area contributed by atoms with Crippen LogP contribution in [0, 0.1) is 5.82 Å². The van der Waals surface area contributed by atoms with Crippen LogP contribution in [0.3, 0.4) is 0 Å². The van der Waals surface area contributed by atoms with Crippen LogP contribution in [0.25, 0.3) is 0 Å². The number of carbonyl (C=O) groups excluding carboxylic acids is 2. The molecular formula is C26H31FN2O2. The molecule has 1 saturated carbocycles. The van der Waals surface area contributed by atoms with Crippen molar-refractivity contribution in [2.75, 3.05) is 13.1 Å². The molecule has 1 aliphatic heterocycles. The van der Waals surface area contributed by atoms with E-state index in [4.69, 9.17) is 0 Å². The summed E-state index contributed by atoms with van der Waals surface area (Å²) in [5.41, 5.74) is 1.93. The summed E-state index contributed by atoms with van der Waals surface area (Å²) in [6.45, 7) is 3.26. The van der Waals surface area contributed by atoms with Crippen molar-refractivity contribution in [1.29, 1.82) is 0 Å². The first kappa shape index (κ1) is 21.5. The molecule has 4 nitrogen and oxygen atoms in total. The van der Waals surface area contributed by atoms with Crippen LogP contribution >= 0.6 is 0 Å². The Labute approximate surface area is 183 Å². The van der Waals surface area contributed by atoms with Gasteiger partial charge in [0.15, 0.2) is 0 Å². The van der Waals surface area contributed by atoms with Crippen molar-refractivity contribution >= 4 is 11.8 Å². The maximum Gasteiger partial charge on any atom is 0.254 e. The number of carbonyl (C=O) groups is 2. The van der Waals surface area contributed by atoms with E-state index in [0.29, 0.717) is 25.1 Å². The number of amides is 2. The zero-order valence-electron chi connectivity index (χ0n) is 18.2. The van der Waals surface area contributed by atoms with Crippen molar-refractivity contribution in [1.82, 2.24) is 10.2 Å². The molecule has 0 radical (unpaired) electrons. The highest BCUT2D eigenvalue weighted by molar-refractivity contribution is 6.02. The van der Waals surface area contributed by atoms with E-state index < -0.39 is 5.54 Å². The smallest absolute Gasteiger partial charge is 0.254 e. The predicted molar refractivity (Wildman–Crippen MR) is 119 cm³/mol. The Morgan fingerprint density at radius 2 is 1.94 bits per heavy atom. The number of benzene rings is 2. The molecule has 0 saturated heterocycles. The van der Waals surface area contributed by atoms with Crippen LogP contribution in [-0.4, -0.2) is 35.3 Å². The molecule has 2 amide bonds. The molecule has 1 N–H and O–H groups in total. The zero-order chi connectivity index (χ0) is 21.8. The van der Waals surface area contributed by atoms with Gasteiger partial charge in [0.25, 0.3) is 5.91 Å². The van der Waals surface area contributed by atoms with Crippen LogP contribution in [0.15, 0.2) is 48.5 Å². The minimum Gasteiger partial charge on any atom is -0.355 e. The van der Waals surface area contributed by atoms with Crippen LogP contribution < -0.4 is 5.32 Å². The Kier molecular flexibility index (Phi) is 6.40. The highest BCUT2D eigenvalue weighted by Gasteiger charge is 2.55. The largest absolute Gasteiger partial charge is 0.355 e. The minimum atomic E-state index is -0.441. The second-order valence-corrected chi connectivity index (χ2v) is 8.81. The number of hydrogen-bond donors (Lipinski definition) is 1. The van der Waals surface area contributed by atoms with E-state index in [1.54, 1.807) is 6.07 Å². The summed E-state index contributed by atoms with van der Waals surface area (Å²) in [4.78, 5) is 29.0. The van der Waals surface area contributed by atoms with Gasteiger partial charge in [-0.2, -0.15) is 0 Å². The zero-order valence-corrected chi connectivity index (χ0v) is 18.2. The Morgan fingerprint density at radius 1 is 1.16 bits per heavy atom. The fraction of sp³-hybridized carbons (Fsp3) is 0.462. The summed E-state index contributed by atoms with van der Waals surface area (Å²) in [5.74, 6) is -0.595. The molecule has 1 heterocycles. The van der Waals surface area contributed by atoms with Crippen LogP contribution in [0.5, 0.6) is 0 Å². The third kappa shape index (κ3) is 4.10. The first-order valence-corrected chi connectivity index (χ1v) is 11.5. The summed E-state index contributed by atoms with van der Waals surface area (Å²) in [5, 5.41) is 3.10. The number of halogens is 1. The van der Waals surface area contributed by atoms with Gasteiger partial charge in [0.2, 0.25) is 5.91 Å². The lowest BCUT2D eigenvalue weighted by atomic mass is 9.71. The van der Waals surface area contributed by atoms with E-state index in [0.717, 1.165) is 49.7 Å². The molecule has 1 atom stereocenters. The number of hydrogen-bond acceptors (Lipinski definition) is 2. The first-order chi connectivity index (χ1) is 15.1. The third-order valence-corrected chi connectivity index (χ3v) is 6.89. The highest BCUT2D eigenvalue weighted by Crippen LogP contribution is 2.50. The summed E-state index contributed by atoms with van der Waals surface area (Å²) in [6, 6.07) is 14.1. The van der Waals surface area contributed by atoms with Gasteiger partial charge < -0.3 is 10.2 Å². The van der Waals surface area contributed by atoms with Crippen molar-refractivity contribution < 1.29 is 14.0 Å². The molecule has 31 heavy (non-hydrogen) atoms. The van der Waals surface area contributed by atoms with E-state index >= 15 is 0 Å². The van der Waals surface area contributed by atoms with Gasteiger partial charge in [-0.25, -0.2) is 4.39 Å². The average molecular weight is 423 g/mol. The summed E-state index contributed by atoms with van der Waals surface area (Å²) in [7, 11) is 0. The average Bonchev–Trinajstić information content (AvgIpc) is 3.24. The molecule has 2 aromatic carbocycles. The molecule has 1 unspecified atom stereocenters. The lowest BCUT2D eigenvalue weighted by molar-refractivity contribution is -0.126. The van der Waals surface area contributed by atoms with Crippen molar-refractivity contribution in [2.24, 2.45) is 0 Å². The molecule has 0 bridgehead atoms. The number of nitrogens with one attached hydrogen (secondary N) is 1. The van der Waals surface area contributed by atoms with Gasteiger partial charge in [-0.15, -0.1) is 0 Å². The normalized spacial score (nSPS) is 19.5. The van der Waals surface area contributed by atoms with Crippen molar-refractivity contribution in [3.05, 3.63) is 71.0 Å². The maximum atomic E-state index is 13.6. The second kappa shape index (κ2) is 9.21. The minimum absolute atomic E-state index is 0.0280. The van der Waals surface area contributed by atoms with Gasteiger partial charge in [0.05, 0.1) is 11.5 Å². The van der Waals surface area contributed by atoms with E-state index in [-0.39, 0.29) is 23.5 Å². The summed E-state index contributed by atoms with van der Waals surface area (Å²) < 4.78 is 13.5. The molecule has 2 aromatic rings. The van der Waals surface area contributed by atoms with E-state index in [1.165, 1.54) is 12.1 Å². The highest BCUT2D eigenvalue weighted by atomic mass is 19.1. The van der Waals surface area contributed by atoms with Crippen LogP contribution in [0.1, 0.15) is 72.9 Å². The Balaban J connectivity index is 1.62. The summed E-state index contributed by atoms with van der Waals surface area (Å²) in [6.07, 6.45) is 6.30. The molecular weight excluding hydrogens is 391 g/mol. The van der Waals surface area contributed by atoms with E-state index in [9.17, 15) is 14.0 Å². The standard InChI is InChI=1S/C26H31FN2O2/c1-2-3-17-29-25(31)22-12-5-4-11-21(22)23(26(29)14-6-7-15-26)24(30)28-16-13-19-9-8-10-20(27)18-19/h4-5,8-12,18,23H,2-3,6-7,13-17H2,1H3,(H,28,30). The number of fused-ring (bicyclic) bond motifs is 1. The quantitative estimate of drug-likeness (QED) is 0.694. The first-order valence-electron chi connectivity index (χ1n) is 11.5. The third-order valence-electron chi connectivity index (χ3n) is 6.89. The Bertz CT molecular complexity index is 952. The van der Waals surface area contributed by atoms with Crippen LogP contribution in [-0.2, 0) is 11.2 Å². The Morgan fingerprint density at radius 3 is 2.68 bits per heavy atom. The number of nitrogens with zero attached hydrogens (tertiary/aromatic N) is 1. The van der Waals surface area contributed by atoms with Gasteiger partial charge in [0.1, 0.15) is 5.82 Å². The predicted octanol–water partition coefficient (Wildman–Crippen LogP) is 4.84. The fourth-order valence-electron chi connectivity index (χ4n) is 5.43. The molecule has 1 fully saturated rings. The lowest BCUT2D eigenvalue weighted by Crippen LogP contribution is -2.60. The molecule has 1 spiro atoms. The van der Waals surface area contributed by atoms with E-state index in [2.05, 4.69) is 12.2 Å². The second-order valence-electron chi connectivity index (χ2n) is 8.81. The SMILES string of the molecule is CCCCN1C(=O)c2ccccc2C(C(=O)NCCc2cccc(F)c2)C12CCCC2. The van der Waals surface area contributed by atoms with Gasteiger partial charge in [-0.3, -0.25) is 9.59 Å². The monoisotopic (exact) mass is 422 g/mol. The maximum absolute atomic E-state index is 13.6. The molecule has 164 valence electrons. The van der Waals surface area contributed by atoms with Gasteiger partial charge in [-0.1, -0.05) is 56.5 Å². The van der Waals surface area contributed by atoms with Crippen LogP contribution in [0.4, 0.5) is 4.39 Å². The van der Waals surface area contributed by atoms with E-state index in [1.807, 2.05) is 35.2 Å². The van der Waals surface area contributed by atoms with Gasteiger partial charge in [0, 0.05) is 18.7 Å². The van der Waals surface area contributed by atoms with Crippen molar-refractivity contribution in [3.63, 3.8) is 0 Å². The molecule has 2 aliphatic rings. The molecule has 4 rings (SSSR count). The van der Waals surface area contributed by atoms with Crippen molar-refractivity contribution in [2.45, 2.75) is 63.3 Å². The van der Waals surface area contributed by atoms with Crippen LogP contribution in [0.2, 0.25) is 0 Å². The molecule has 5 heteroatoms. The lowest BCUT2D eigenvalue weighted by Gasteiger charge is -2.50. The Hall–Kier alpha value is -2.69. The topological polar surface area (TPSA) is 49.4 Å². The number of rotatable bonds is 7.